The fraction of sp³-hybridized carbons (Fsp3) is 0.190. The van der Waals surface area contributed by atoms with Gasteiger partial charge in [0, 0.05) is 24.0 Å². The van der Waals surface area contributed by atoms with Crippen molar-refractivity contribution in [2.24, 2.45) is 7.05 Å². The predicted molar refractivity (Wildman–Crippen MR) is 105 cm³/mol. The number of fused-ring (bicyclic) bond motifs is 2. The normalized spacial score (nSPS) is 14.0. The van der Waals surface area contributed by atoms with E-state index in [1.54, 1.807) is 6.07 Å². The van der Waals surface area contributed by atoms with Crippen molar-refractivity contribution in [1.82, 2.24) is 19.9 Å². The second-order valence-electron chi connectivity index (χ2n) is 6.98. The summed E-state index contributed by atoms with van der Waals surface area (Å²) in [6.07, 6.45) is 2.02. The number of hydrogen-bond acceptors (Lipinski definition) is 3. The molecular weight excluding hydrogens is 340 g/mol. The summed E-state index contributed by atoms with van der Waals surface area (Å²) in [6, 6.07) is 15.2. The van der Waals surface area contributed by atoms with E-state index in [1.807, 2.05) is 54.1 Å². The van der Waals surface area contributed by atoms with Crippen LogP contribution in [0.15, 0.2) is 53.3 Å². The van der Waals surface area contributed by atoms with Crippen LogP contribution in [0.4, 0.5) is 0 Å². The monoisotopic (exact) mass is 358 g/mol. The van der Waals surface area contributed by atoms with E-state index < -0.39 is 0 Å². The molecule has 1 fully saturated rings. The molecule has 4 aromatic rings. The third-order valence-corrected chi connectivity index (χ3v) is 5.08. The highest BCUT2D eigenvalue weighted by atomic mass is 16.2. The molecule has 0 radical (unpaired) electrons. The van der Waals surface area contributed by atoms with Gasteiger partial charge in [-0.3, -0.25) is 9.59 Å². The molecule has 1 saturated carbocycles. The molecule has 2 N–H and O–H groups in total. The average molecular weight is 358 g/mol. The molecule has 0 unspecified atom stereocenters. The van der Waals surface area contributed by atoms with Gasteiger partial charge in [0.15, 0.2) is 0 Å². The van der Waals surface area contributed by atoms with Crippen LogP contribution in [0.1, 0.15) is 23.3 Å². The van der Waals surface area contributed by atoms with Crippen LogP contribution in [0.3, 0.4) is 0 Å². The van der Waals surface area contributed by atoms with Crippen LogP contribution in [-0.2, 0) is 7.05 Å². The Kier molecular flexibility index (Phi) is 3.40. The largest absolute Gasteiger partial charge is 0.348 e. The number of amides is 1. The Morgan fingerprint density at radius 3 is 2.59 bits per heavy atom. The van der Waals surface area contributed by atoms with Crippen LogP contribution < -0.4 is 10.9 Å². The van der Waals surface area contributed by atoms with E-state index in [2.05, 4.69) is 15.3 Å². The van der Waals surface area contributed by atoms with Crippen LogP contribution in [0.25, 0.3) is 33.2 Å². The number of benzene rings is 2. The molecular formula is C21H18N4O2. The highest BCUT2D eigenvalue weighted by Gasteiger charge is 2.29. The second kappa shape index (κ2) is 5.81. The highest BCUT2D eigenvalue weighted by Crippen LogP contribution is 2.33. The summed E-state index contributed by atoms with van der Waals surface area (Å²) in [5.74, 6) is 0.276. The molecule has 0 aliphatic heterocycles. The van der Waals surface area contributed by atoms with E-state index in [0.29, 0.717) is 28.0 Å². The lowest BCUT2D eigenvalue weighted by atomic mass is 10.1. The Balaban J connectivity index is 1.81. The zero-order chi connectivity index (χ0) is 18.5. The Labute approximate surface area is 154 Å². The lowest BCUT2D eigenvalue weighted by molar-refractivity contribution is 0.0944. The first-order valence-electron chi connectivity index (χ1n) is 9.01. The van der Waals surface area contributed by atoms with Crippen LogP contribution in [0, 0.1) is 0 Å². The van der Waals surface area contributed by atoms with Gasteiger partial charge in [0.25, 0.3) is 11.5 Å². The number of nitrogens with zero attached hydrogens (tertiary/aromatic N) is 2. The molecule has 1 amide bonds. The summed E-state index contributed by atoms with van der Waals surface area (Å²) in [6.45, 7) is 0. The number of H-pyrrole nitrogens is 1. The van der Waals surface area contributed by atoms with Crippen molar-refractivity contribution in [2.75, 3.05) is 0 Å². The lowest BCUT2D eigenvalue weighted by Crippen LogP contribution is -2.28. The summed E-state index contributed by atoms with van der Waals surface area (Å²) in [7, 11) is 1.87. The number of aromatic nitrogens is 3. The van der Waals surface area contributed by atoms with Crippen LogP contribution >= 0.6 is 0 Å². The van der Waals surface area contributed by atoms with Crippen molar-refractivity contribution in [2.45, 2.75) is 18.9 Å². The standard InChI is InChI=1S/C21H18N4O2/c1-25-16-9-5-3-7-14(16)17(18(25)21(27)22-12-10-11-12)19-23-15-8-4-2-6-13(15)20(26)24-19/h2-9,12H,10-11H2,1H3,(H,22,27)(H,23,24,26). The minimum Gasteiger partial charge on any atom is -0.348 e. The number of carbonyl (C=O) groups is 1. The summed E-state index contributed by atoms with van der Waals surface area (Å²) >= 11 is 0. The molecule has 2 aromatic carbocycles. The third kappa shape index (κ3) is 2.52. The van der Waals surface area contributed by atoms with Gasteiger partial charge in [-0.15, -0.1) is 0 Å². The van der Waals surface area contributed by atoms with Gasteiger partial charge < -0.3 is 14.9 Å². The minimum absolute atomic E-state index is 0.137. The quantitative estimate of drug-likeness (QED) is 0.591. The Hall–Kier alpha value is -3.41. The SMILES string of the molecule is Cn1c(C(=O)NC2CC2)c(-c2nc3ccccc3c(=O)[nH]2)c2ccccc21. The molecule has 0 saturated heterocycles. The van der Waals surface area contributed by atoms with E-state index >= 15 is 0 Å². The first-order chi connectivity index (χ1) is 13.1. The van der Waals surface area contributed by atoms with Crippen molar-refractivity contribution >= 4 is 27.7 Å². The zero-order valence-electron chi connectivity index (χ0n) is 14.8. The van der Waals surface area contributed by atoms with Gasteiger partial charge in [-0.25, -0.2) is 4.98 Å². The van der Waals surface area contributed by atoms with Gasteiger partial charge in [0.1, 0.15) is 11.5 Å². The van der Waals surface area contributed by atoms with Gasteiger partial charge in [0.05, 0.1) is 16.5 Å². The van der Waals surface area contributed by atoms with Crippen LogP contribution in [-0.4, -0.2) is 26.5 Å². The molecule has 6 nitrogen and oxygen atoms in total. The fourth-order valence-electron chi connectivity index (χ4n) is 3.59. The van der Waals surface area contributed by atoms with Gasteiger partial charge in [-0.05, 0) is 31.0 Å². The first-order valence-corrected chi connectivity index (χ1v) is 9.01. The molecule has 27 heavy (non-hydrogen) atoms. The Morgan fingerprint density at radius 1 is 1.11 bits per heavy atom. The number of carbonyl (C=O) groups excluding carboxylic acids is 1. The summed E-state index contributed by atoms with van der Waals surface area (Å²) in [4.78, 5) is 33.1. The second-order valence-corrected chi connectivity index (χ2v) is 6.98. The number of para-hydroxylation sites is 2. The molecule has 134 valence electrons. The van der Waals surface area contributed by atoms with Crippen LogP contribution in [0.2, 0.25) is 0 Å². The molecule has 2 aromatic heterocycles. The highest BCUT2D eigenvalue weighted by molar-refractivity contribution is 6.09. The van der Waals surface area contributed by atoms with Crippen molar-refractivity contribution < 1.29 is 4.79 Å². The Morgan fingerprint density at radius 2 is 1.81 bits per heavy atom. The lowest BCUT2D eigenvalue weighted by Gasteiger charge is -2.09. The van der Waals surface area contributed by atoms with E-state index in [9.17, 15) is 9.59 Å². The van der Waals surface area contributed by atoms with Crippen LogP contribution in [0.5, 0.6) is 0 Å². The number of rotatable bonds is 3. The van der Waals surface area contributed by atoms with Crippen molar-refractivity contribution in [1.29, 1.82) is 0 Å². The Bertz CT molecular complexity index is 1260. The van der Waals surface area contributed by atoms with Gasteiger partial charge in [-0.1, -0.05) is 30.3 Å². The summed E-state index contributed by atoms with van der Waals surface area (Å²) < 4.78 is 1.87. The minimum atomic E-state index is -0.211. The van der Waals surface area contributed by atoms with E-state index in [4.69, 9.17) is 0 Å². The molecule has 6 heteroatoms. The van der Waals surface area contributed by atoms with Gasteiger partial charge >= 0.3 is 0 Å². The van der Waals surface area contributed by atoms with E-state index in [1.165, 1.54) is 0 Å². The molecule has 5 rings (SSSR count). The zero-order valence-corrected chi connectivity index (χ0v) is 14.8. The number of aryl methyl sites for hydroxylation is 1. The average Bonchev–Trinajstić information content (AvgIpc) is 3.44. The summed E-state index contributed by atoms with van der Waals surface area (Å²) in [5, 5.41) is 4.48. The number of hydrogen-bond donors (Lipinski definition) is 2. The maximum absolute atomic E-state index is 13.0. The predicted octanol–water partition coefficient (Wildman–Crippen LogP) is 2.97. The van der Waals surface area contributed by atoms with E-state index in [0.717, 1.165) is 23.7 Å². The van der Waals surface area contributed by atoms with E-state index in [-0.39, 0.29) is 17.5 Å². The molecule has 2 heterocycles. The molecule has 0 bridgehead atoms. The first kappa shape index (κ1) is 15.8. The van der Waals surface area contributed by atoms with Crippen molar-refractivity contribution in [3.63, 3.8) is 0 Å². The molecule has 1 aliphatic carbocycles. The topological polar surface area (TPSA) is 79.8 Å². The van der Waals surface area contributed by atoms with Gasteiger partial charge in [0.2, 0.25) is 0 Å². The number of nitrogens with one attached hydrogen (secondary N) is 2. The number of aromatic amines is 1. The smallest absolute Gasteiger partial charge is 0.268 e. The molecule has 0 spiro atoms. The van der Waals surface area contributed by atoms with Crippen molar-refractivity contribution in [3.8, 4) is 11.4 Å². The fourth-order valence-corrected chi connectivity index (χ4v) is 3.59. The maximum atomic E-state index is 13.0. The third-order valence-electron chi connectivity index (χ3n) is 5.08. The van der Waals surface area contributed by atoms with Crippen molar-refractivity contribution in [3.05, 3.63) is 64.6 Å². The molecule has 1 aliphatic rings. The maximum Gasteiger partial charge on any atom is 0.268 e. The molecule has 0 atom stereocenters. The van der Waals surface area contributed by atoms with Gasteiger partial charge in [-0.2, -0.15) is 0 Å². The summed E-state index contributed by atoms with van der Waals surface area (Å²) in [5.41, 5.74) is 2.50.